The van der Waals surface area contributed by atoms with Crippen molar-refractivity contribution in [2.75, 3.05) is 0 Å². The second-order valence-corrected chi connectivity index (χ2v) is 16.7. The number of hydrogen-bond acceptors (Lipinski definition) is 3. The van der Waals surface area contributed by atoms with Crippen LogP contribution in [0.25, 0.3) is 130 Å². The Kier molecular flexibility index (Phi) is 6.14. The molecule has 9 aromatic carbocycles. The molecule has 0 radical (unpaired) electrons. The number of rotatable bonds is 3. The summed E-state index contributed by atoms with van der Waals surface area (Å²) in [5, 5.41) is 11.7. The van der Waals surface area contributed by atoms with Crippen LogP contribution in [0.5, 0.6) is 0 Å². The Labute approximate surface area is 339 Å². The maximum Gasteiger partial charge on any atom is 0.145 e. The molecule has 0 saturated heterocycles. The fourth-order valence-electron chi connectivity index (χ4n) is 9.94. The summed E-state index contributed by atoms with van der Waals surface area (Å²) in [4.78, 5) is 0. The molecule has 5 aromatic heterocycles. The molecule has 4 nitrogen and oxygen atoms in total. The van der Waals surface area contributed by atoms with E-state index in [0.29, 0.717) is 0 Å². The zero-order valence-electron chi connectivity index (χ0n) is 31.4. The van der Waals surface area contributed by atoms with E-state index in [9.17, 15) is 0 Å². The van der Waals surface area contributed by atoms with Gasteiger partial charge in [0.1, 0.15) is 22.3 Å². The van der Waals surface area contributed by atoms with Crippen molar-refractivity contribution in [2.45, 2.75) is 0 Å². The highest BCUT2D eigenvalue weighted by atomic mass is 32.1. The topological polar surface area (TPSA) is 36.1 Å². The van der Waals surface area contributed by atoms with E-state index in [1.54, 1.807) is 0 Å². The lowest BCUT2D eigenvalue weighted by Crippen LogP contribution is -1.94. The molecule has 5 heteroatoms. The smallest absolute Gasteiger partial charge is 0.145 e. The summed E-state index contributed by atoms with van der Waals surface area (Å²) in [7, 11) is 0. The van der Waals surface area contributed by atoms with Crippen molar-refractivity contribution in [2.24, 2.45) is 0 Å². The fraction of sp³-hybridized carbons (Fsp3) is 0. The summed E-state index contributed by atoms with van der Waals surface area (Å²) in [6.45, 7) is 0. The number of fused-ring (bicyclic) bond motifs is 17. The molecule has 0 saturated carbocycles. The molecule has 0 N–H and O–H groups in total. The molecule has 14 aromatic rings. The Balaban J connectivity index is 0.993. The minimum absolute atomic E-state index is 0.902. The molecule has 0 aliphatic heterocycles. The Morgan fingerprint density at radius 1 is 0.322 bits per heavy atom. The van der Waals surface area contributed by atoms with Gasteiger partial charge in [0.05, 0.1) is 32.8 Å². The van der Waals surface area contributed by atoms with Crippen LogP contribution in [0.1, 0.15) is 0 Å². The third kappa shape index (κ3) is 4.26. The van der Waals surface area contributed by atoms with Crippen LogP contribution < -0.4 is 0 Å². The third-order valence-corrected chi connectivity index (χ3v) is 13.7. The van der Waals surface area contributed by atoms with Crippen molar-refractivity contribution in [3.8, 4) is 22.5 Å². The summed E-state index contributed by atoms with van der Waals surface area (Å²) in [5.74, 6) is 0. The highest BCUT2D eigenvalue weighted by molar-refractivity contribution is 7.25. The number of benzene rings is 9. The molecule has 0 spiro atoms. The monoisotopic (exact) mass is 770 g/mol. The zero-order chi connectivity index (χ0) is 38.3. The lowest BCUT2D eigenvalue weighted by atomic mass is 10.0. The Hall–Kier alpha value is -7.60. The van der Waals surface area contributed by atoms with Crippen LogP contribution in [-0.2, 0) is 0 Å². The van der Waals surface area contributed by atoms with E-state index >= 15 is 0 Å². The maximum absolute atomic E-state index is 7.24. The molecule has 0 bridgehead atoms. The first-order valence-corrected chi connectivity index (χ1v) is 20.8. The molecule has 0 aliphatic carbocycles. The van der Waals surface area contributed by atoms with Gasteiger partial charge in [-0.2, -0.15) is 0 Å². The first-order valence-electron chi connectivity index (χ1n) is 20.0. The van der Waals surface area contributed by atoms with Gasteiger partial charge in [-0.15, -0.1) is 11.3 Å². The third-order valence-electron chi connectivity index (χ3n) is 12.5. The predicted molar refractivity (Wildman–Crippen MR) is 248 cm³/mol. The summed E-state index contributed by atoms with van der Waals surface area (Å²) in [6, 6.07) is 65.7. The number of hydrogen-bond donors (Lipinski definition) is 0. The van der Waals surface area contributed by atoms with Crippen LogP contribution in [0, 0.1) is 0 Å². The first-order chi connectivity index (χ1) is 29.2. The summed E-state index contributed by atoms with van der Waals surface area (Å²) >= 11 is 1.85. The van der Waals surface area contributed by atoms with Crippen molar-refractivity contribution >= 4 is 119 Å². The number of nitrogens with zero attached hydrogens (tertiary/aromatic N) is 2. The van der Waals surface area contributed by atoms with Crippen LogP contribution >= 0.6 is 11.3 Å². The predicted octanol–water partition coefficient (Wildman–Crippen LogP) is 15.7. The summed E-state index contributed by atoms with van der Waals surface area (Å²) in [6.07, 6.45) is 0. The highest BCUT2D eigenvalue weighted by Gasteiger charge is 2.23. The number of para-hydroxylation sites is 3. The van der Waals surface area contributed by atoms with Gasteiger partial charge in [-0.25, -0.2) is 0 Å². The number of thiophene rings is 1. The van der Waals surface area contributed by atoms with Crippen molar-refractivity contribution in [3.63, 3.8) is 0 Å². The van der Waals surface area contributed by atoms with Crippen molar-refractivity contribution < 1.29 is 8.83 Å². The van der Waals surface area contributed by atoms with Crippen molar-refractivity contribution in [3.05, 3.63) is 182 Å². The van der Waals surface area contributed by atoms with Crippen LogP contribution in [0.2, 0.25) is 0 Å². The summed E-state index contributed by atoms with van der Waals surface area (Å²) < 4.78 is 20.8. The number of aromatic nitrogens is 2. The number of furan rings is 2. The maximum atomic E-state index is 7.24. The lowest BCUT2D eigenvalue weighted by Gasteiger charge is -2.10. The van der Waals surface area contributed by atoms with Crippen molar-refractivity contribution in [1.82, 2.24) is 9.13 Å². The molecule has 0 atom stereocenters. The summed E-state index contributed by atoms with van der Waals surface area (Å²) in [5.41, 5.74) is 12.7. The van der Waals surface area contributed by atoms with E-state index in [-0.39, 0.29) is 0 Å². The van der Waals surface area contributed by atoms with Gasteiger partial charge in [0, 0.05) is 63.9 Å². The van der Waals surface area contributed by atoms with Crippen LogP contribution in [0.3, 0.4) is 0 Å². The zero-order valence-corrected chi connectivity index (χ0v) is 32.3. The second-order valence-electron chi connectivity index (χ2n) is 15.6. The molecule has 59 heavy (non-hydrogen) atoms. The molecular weight excluding hydrogens is 741 g/mol. The van der Waals surface area contributed by atoms with Gasteiger partial charge < -0.3 is 18.0 Å². The molecule has 5 heterocycles. The lowest BCUT2D eigenvalue weighted by molar-refractivity contribution is 0.669. The minimum Gasteiger partial charge on any atom is -0.456 e. The van der Waals surface area contributed by atoms with E-state index in [1.807, 2.05) is 23.5 Å². The molecule has 0 amide bonds. The van der Waals surface area contributed by atoms with Gasteiger partial charge in [-0.05, 0) is 102 Å². The Morgan fingerprint density at radius 2 is 0.915 bits per heavy atom. The van der Waals surface area contributed by atoms with Crippen LogP contribution in [0.15, 0.2) is 191 Å². The molecule has 0 fully saturated rings. The SMILES string of the molecule is c1cc(-c2ccc3oc4ccccc4c3c2)cc(-n2c3ccccc3c3c4oc5c(ccc6c5c5ccccc5n6-c5ccc6sc7ccccc7c6c5)c4ccc32)c1. The Bertz CT molecular complexity index is 4100. The highest BCUT2D eigenvalue weighted by Crippen LogP contribution is 2.46. The normalized spacial score (nSPS) is 12.4. The molecule has 274 valence electrons. The quantitative estimate of drug-likeness (QED) is 0.179. The Morgan fingerprint density at radius 3 is 1.66 bits per heavy atom. The van der Waals surface area contributed by atoms with E-state index in [2.05, 4.69) is 179 Å². The van der Waals surface area contributed by atoms with E-state index < -0.39 is 0 Å². The van der Waals surface area contributed by atoms with Gasteiger partial charge >= 0.3 is 0 Å². The average molecular weight is 771 g/mol. The molecular formula is C54H30N2O2S. The average Bonchev–Trinajstić information content (AvgIpc) is 4.10. The van der Waals surface area contributed by atoms with Gasteiger partial charge in [0.2, 0.25) is 0 Å². The van der Waals surface area contributed by atoms with Crippen LogP contribution in [0.4, 0.5) is 0 Å². The van der Waals surface area contributed by atoms with Gasteiger partial charge in [-0.1, -0.05) is 91.0 Å². The van der Waals surface area contributed by atoms with Crippen molar-refractivity contribution in [1.29, 1.82) is 0 Å². The van der Waals surface area contributed by atoms with Gasteiger partial charge in [0.15, 0.2) is 0 Å². The largest absolute Gasteiger partial charge is 0.456 e. The molecule has 0 aliphatic rings. The molecule has 14 rings (SSSR count). The van der Waals surface area contributed by atoms with E-state index in [1.165, 1.54) is 30.9 Å². The van der Waals surface area contributed by atoms with Crippen LogP contribution in [-0.4, -0.2) is 9.13 Å². The first kappa shape index (κ1) is 31.5. The van der Waals surface area contributed by atoms with E-state index in [0.717, 1.165) is 99.2 Å². The fourth-order valence-corrected chi connectivity index (χ4v) is 11.0. The van der Waals surface area contributed by atoms with Gasteiger partial charge in [-0.3, -0.25) is 0 Å². The minimum atomic E-state index is 0.902. The standard InChI is InChI=1S/C54H30N2O2S/c1-5-16-43-39(14-1)51-45(55(43)33-11-9-10-31(28-33)32-20-26-48-41(29-32)35-12-3-7-18-47(35)57-48)24-22-37-38-23-25-46-52(54(38)58-53(37)51)40-15-2-6-17-44(40)56(46)34-21-27-50-42(30-34)36-13-4-8-19-49(36)59-50/h1-30H. The van der Waals surface area contributed by atoms with E-state index in [4.69, 9.17) is 8.83 Å². The molecule has 0 unspecified atom stereocenters. The second kappa shape index (κ2) is 11.5. The van der Waals surface area contributed by atoms with Gasteiger partial charge in [0.25, 0.3) is 0 Å².